The van der Waals surface area contributed by atoms with Crippen LogP contribution in [-0.4, -0.2) is 12.5 Å². The first-order valence-electron chi connectivity index (χ1n) is 7.21. The molecule has 1 N–H and O–H groups in total. The lowest BCUT2D eigenvalue weighted by Crippen LogP contribution is -2.31. The van der Waals surface area contributed by atoms with Crippen molar-refractivity contribution in [2.24, 2.45) is 0 Å². The first kappa shape index (κ1) is 16.4. The molecule has 116 valence electrons. The average molecular weight is 318 g/mol. The van der Waals surface area contributed by atoms with Crippen molar-refractivity contribution in [2.45, 2.75) is 26.8 Å². The summed E-state index contributed by atoms with van der Waals surface area (Å²) in [5, 5.41) is 3.65. The van der Waals surface area contributed by atoms with Gasteiger partial charge in [0.2, 0.25) is 0 Å². The summed E-state index contributed by atoms with van der Waals surface area (Å²) in [5.74, 6) is 0.503. The van der Waals surface area contributed by atoms with Gasteiger partial charge < -0.3 is 10.1 Å². The Balaban J connectivity index is 1.90. The molecule has 0 saturated carbocycles. The number of hydrogen-bond acceptors (Lipinski definition) is 2. The molecule has 0 spiro atoms. The lowest BCUT2D eigenvalue weighted by atomic mass is 10.1. The van der Waals surface area contributed by atoms with E-state index >= 15 is 0 Å². The van der Waals surface area contributed by atoms with Crippen molar-refractivity contribution in [2.75, 3.05) is 6.61 Å². The summed E-state index contributed by atoms with van der Waals surface area (Å²) < 4.78 is 5.55. The van der Waals surface area contributed by atoms with E-state index in [0.29, 0.717) is 5.75 Å². The van der Waals surface area contributed by atoms with Crippen molar-refractivity contribution in [3.8, 4) is 5.75 Å². The van der Waals surface area contributed by atoms with Gasteiger partial charge in [0.15, 0.2) is 6.61 Å². The molecular weight excluding hydrogens is 298 g/mol. The smallest absolute Gasteiger partial charge is 0.258 e. The third-order valence-electron chi connectivity index (χ3n) is 3.46. The molecule has 0 bridgehead atoms. The Morgan fingerprint density at radius 2 is 1.77 bits per heavy atom. The van der Waals surface area contributed by atoms with E-state index in [1.807, 2.05) is 63.2 Å². The summed E-state index contributed by atoms with van der Waals surface area (Å²) in [7, 11) is 0. The van der Waals surface area contributed by atoms with Crippen molar-refractivity contribution in [3.05, 3.63) is 64.2 Å². The van der Waals surface area contributed by atoms with Crippen LogP contribution >= 0.6 is 11.6 Å². The number of aryl methyl sites for hydroxylation is 2. The average Bonchev–Trinajstić information content (AvgIpc) is 2.51. The van der Waals surface area contributed by atoms with E-state index in [9.17, 15) is 4.79 Å². The Morgan fingerprint density at radius 1 is 1.18 bits per heavy atom. The highest BCUT2D eigenvalue weighted by atomic mass is 35.5. The van der Waals surface area contributed by atoms with Crippen LogP contribution in [-0.2, 0) is 4.79 Å². The fraction of sp³-hybridized carbons (Fsp3) is 0.278. The van der Waals surface area contributed by atoms with Gasteiger partial charge in [-0.15, -0.1) is 0 Å². The highest BCUT2D eigenvalue weighted by molar-refractivity contribution is 6.32. The monoisotopic (exact) mass is 317 g/mol. The minimum atomic E-state index is -0.151. The van der Waals surface area contributed by atoms with Crippen LogP contribution in [0.2, 0.25) is 5.02 Å². The number of ether oxygens (including phenoxy) is 1. The van der Waals surface area contributed by atoms with Crippen molar-refractivity contribution < 1.29 is 9.53 Å². The molecule has 0 heterocycles. The van der Waals surface area contributed by atoms with E-state index in [1.165, 1.54) is 0 Å². The van der Waals surface area contributed by atoms with Crippen LogP contribution in [0.3, 0.4) is 0 Å². The molecule has 0 unspecified atom stereocenters. The zero-order valence-electron chi connectivity index (χ0n) is 13.0. The Morgan fingerprint density at radius 3 is 2.36 bits per heavy atom. The first-order chi connectivity index (χ1) is 10.5. The van der Waals surface area contributed by atoms with Crippen molar-refractivity contribution in [1.29, 1.82) is 0 Å². The van der Waals surface area contributed by atoms with Gasteiger partial charge in [0, 0.05) is 5.02 Å². The summed E-state index contributed by atoms with van der Waals surface area (Å²) in [6.45, 7) is 5.76. The zero-order chi connectivity index (χ0) is 16.1. The zero-order valence-corrected chi connectivity index (χ0v) is 13.8. The fourth-order valence-electron chi connectivity index (χ4n) is 2.25. The summed E-state index contributed by atoms with van der Waals surface area (Å²) in [5.41, 5.74) is 2.94. The Bertz CT molecular complexity index is 632. The van der Waals surface area contributed by atoms with Gasteiger partial charge in [0.1, 0.15) is 5.75 Å². The van der Waals surface area contributed by atoms with Crippen LogP contribution in [0.25, 0.3) is 0 Å². The molecule has 0 fully saturated rings. The molecule has 2 rings (SSSR count). The van der Waals surface area contributed by atoms with Crippen LogP contribution in [0.5, 0.6) is 5.75 Å². The standard InChI is InChI=1S/C18H20ClNO2/c1-12-9-16(10-13(2)18(12)19)22-11-17(21)20-14(3)15-7-5-4-6-8-15/h4-10,14H,11H2,1-3H3,(H,20,21)/t14-/m0/s1. The van der Waals surface area contributed by atoms with Crippen molar-refractivity contribution in [1.82, 2.24) is 5.32 Å². The van der Waals surface area contributed by atoms with E-state index in [4.69, 9.17) is 16.3 Å². The second kappa shape index (κ2) is 7.32. The minimum absolute atomic E-state index is 0.0162. The molecule has 2 aromatic rings. The van der Waals surface area contributed by atoms with Crippen molar-refractivity contribution >= 4 is 17.5 Å². The first-order valence-corrected chi connectivity index (χ1v) is 7.59. The third-order valence-corrected chi connectivity index (χ3v) is 4.05. The quantitative estimate of drug-likeness (QED) is 0.897. The highest BCUT2D eigenvalue weighted by Crippen LogP contribution is 2.25. The van der Waals surface area contributed by atoms with E-state index in [2.05, 4.69) is 5.32 Å². The largest absolute Gasteiger partial charge is 0.484 e. The van der Waals surface area contributed by atoms with E-state index in [0.717, 1.165) is 21.7 Å². The molecule has 0 aliphatic rings. The SMILES string of the molecule is Cc1cc(OCC(=O)N[C@@H](C)c2ccccc2)cc(C)c1Cl. The van der Waals surface area contributed by atoms with E-state index in [-0.39, 0.29) is 18.6 Å². The molecule has 0 radical (unpaired) electrons. The lowest BCUT2D eigenvalue weighted by molar-refractivity contribution is -0.123. The number of nitrogens with one attached hydrogen (secondary N) is 1. The summed E-state index contributed by atoms with van der Waals surface area (Å²) >= 11 is 6.11. The van der Waals surface area contributed by atoms with Gasteiger partial charge in [-0.1, -0.05) is 41.9 Å². The minimum Gasteiger partial charge on any atom is -0.484 e. The van der Waals surface area contributed by atoms with Crippen LogP contribution < -0.4 is 10.1 Å². The molecule has 3 nitrogen and oxygen atoms in total. The molecule has 2 aromatic carbocycles. The summed E-state index contributed by atoms with van der Waals surface area (Å²) in [4.78, 5) is 12.0. The number of hydrogen-bond donors (Lipinski definition) is 1. The maximum absolute atomic E-state index is 12.0. The van der Waals surface area contributed by atoms with Gasteiger partial charge in [0.05, 0.1) is 6.04 Å². The van der Waals surface area contributed by atoms with Crippen LogP contribution in [0.4, 0.5) is 0 Å². The summed E-state index contributed by atoms with van der Waals surface area (Å²) in [6, 6.07) is 13.4. The maximum Gasteiger partial charge on any atom is 0.258 e. The molecule has 1 amide bonds. The number of carbonyl (C=O) groups excluding carboxylic acids is 1. The predicted molar refractivity (Wildman–Crippen MR) is 89.4 cm³/mol. The van der Waals surface area contributed by atoms with Gasteiger partial charge in [-0.25, -0.2) is 0 Å². The Labute approximate surface area is 136 Å². The summed E-state index contributed by atoms with van der Waals surface area (Å²) in [6.07, 6.45) is 0. The van der Waals surface area contributed by atoms with Gasteiger partial charge in [-0.3, -0.25) is 4.79 Å². The topological polar surface area (TPSA) is 38.3 Å². The number of halogens is 1. The number of carbonyl (C=O) groups is 1. The van der Waals surface area contributed by atoms with E-state index in [1.54, 1.807) is 0 Å². The normalized spacial score (nSPS) is 11.8. The molecular formula is C18H20ClNO2. The molecule has 22 heavy (non-hydrogen) atoms. The van der Waals surface area contributed by atoms with Gasteiger partial charge in [-0.05, 0) is 49.6 Å². The van der Waals surface area contributed by atoms with Gasteiger partial charge in [0.25, 0.3) is 5.91 Å². The molecule has 4 heteroatoms. The molecule has 0 saturated heterocycles. The van der Waals surface area contributed by atoms with Crippen LogP contribution in [0.1, 0.15) is 29.7 Å². The Hall–Kier alpha value is -2.00. The number of rotatable bonds is 5. The van der Waals surface area contributed by atoms with E-state index < -0.39 is 0 Å². The molecule has 0 aromatic heterocycles. The molecule has 1 atom stereocenters. The molecule has 0 aliphatic heterocycles. The number of amides is 1. The fourth-order valence-corrected chi connectivity index (χ4v) is 2.36. The highest BCUT2D eigenvalue weighted by Gasteiger charge is 2.10. The predicted octanol–water partition coefficient (Wildman–Crippen LogP) is 4.21. The second-order valence-electron chi connectivity index (χ2n) is 5.36. The maximum atomic E-state index is 12.0. The third kappa shape index (κ3) is 4.25. The van der Waals surface area contributed by atoms with Crippen molar-refractivity contribution in [3.63, 3.8) is 0 Å². The number of benzene rings is 2. The van der Waals surface area contributed by atoms with Crippen LogP contribution in [0, 0.1) is 13.8 Å². The van der Waals surface area contributed by atoms with Gasteiger partial charge in [-0.2, -0.15) is 0 Å². The lowest BCUT2D eigenvalue weighted by Gasteiger charge is -2.15. The Kier molecular flexibility index (Phi) is 5.45. The second-order valence-corrected chi connectivity index (χ2v) is 5.74. The van der Waals surface area contributed by atoms with Gasteiger partial charge >= 0.3 is 0 Å². The van der Waals surface area contributed by atoms with Crippen LogP contribution in [0.15, 0.2) is 42.5 Å². The molecule has 0 aliphatic carbocycles.